The van der Waals surface area contributed by atoms with Gasteiger partial charge in [-0.15, -0.1) is 0 Å². The summed E-state index contributed by atoms with van der Waals surface area (Å²) in [7, 11) is 0. The van der Waals surface area contributed by atoms with Gasteiger partial charge in [0.15, 0.2) is 11.5 Å². The first-order valence-electron chi connectivity index (χ1n) is 5.78. The quantitative estimate of drug-likeness (QED) is 0.460. The van der Waals surface area contributed by atoms with Gasteiger partial charge in [0.2, 0.25) is 0 Å². The monoisotopic (exact) mass is 324 g/mol. The smallest absolute Gasteiger partial charge is 0.271 e. The molecule has 0 bridgehead atoms. The van der Waals surface area contributed by atoms with E-state index in [0.717, 1.165) is 6.07 Å². The van der Waals surface area contributed by atoms with Crippen LogP contribution < -0.4 is 5.43 Å². The highest BCUT2D eigenvalue weighted by molar-refractivity contribution is 6.36. The van der Waals surface area contributed by atoms with Crippen molar-refractivity contribution in [3.63, 3.8) is 0 Å². The SMILES string of the molecule is O=C(NN=Cc1ccc(Cl)cc1Cl)c1ccc(O)c(O)c1. The third-order valence-corrected chi connectivity index (χ3v) is 3.13. The van der Waals surface area contributed by atoms with Crippen molar-refractivity contribution in [1.82, 2.24) is 5.43 Å². The number of nitrogens with zero attached hydrogens (tertiary/aromatic N) is 1. The predicted molar refractivity (Wildman–Crippen MR) is 81.3 cm³/mol. The Balaban J connectivity index is 2.06. The molecule has 3 N–H and O–H groups in total. The summed E-state index contributed by atoms with van der Waals surface area (Å²) < 4.78 is 0. The van der Waals surface area contributed by atoms with Gasteiger partial charge in [0, 0.05) is 16.1 Å². The van der Waals surface area contributed by atoms with Crippen LogP contribution in [0.15, 0.2) is 41.5 Å². The Morgan fingerprint density at radius 1 is 1.10 bits per heavy atom. The molecule has 7 heteroatoms. The van der Waals surface area contributed by atoms with Gasteiger partial charge < -0.3 is 10.2 Å². The topological polar surface area (TPSA) is 81.9 Å². The van der Waals surface area contributed by atoms with E-state index < -0.39 is 5.91 Å². The number of hydrogen-bond donors (Lipinski definition) is 3. The third-order valence-electron chi connectivity index (χ3n) is 2.57. The molecule has 2 rings (SSSR count). The number of benzene rings is 2. The van der Waals surface area contributed by atoms with Crippen LogP contribution in [0.3, 0.4) is 0 Å². The van der Waals surface area contributed by atoms with Crippen molar-refractivity contribution in [3.8, 4) is 11.5 Å². The molecule has 0 fully saturated rings. The van der Waals surface area contributed by atoms with E-state index in [1.807, 2.05) is 0 Å². The number of nitrogens with one attached hydrogen (secondary N) is 1. The van der Waals surface area contributed by atoms with Crippen LogP contribution >= 0.6 is 23.2 Å². The molecule has 0 aliphatic rings. The molecule has 1 amide bonds. The minimum Gasteiger partial charge on any atom is -0.504 e. The molecule has 0 aromatic heterocycles. The summed E-state index contributed by atoms with van der Waals surface area (Å²) in [6.07, 6.45) is 1.37. The molecule has 2 aromatic rings. The minimum absolute atomic E-state index is 0.157. The number of hydrogen-bond acceptors (Lipinski definition) is 4. The highest BCUT2D eigenvalue weighted by Gasteiger charge is 2.07. The molecular formula is C14H10Cl2N2O3. The minimum atomic E-state index is -0.536. The molecule has 108 valence electrons. The Morgan fingerprint density at radius 3 is 2.52 bits per heavy atom. The molecule has 0 atom stereocenters. The van der Waals surface area contributed by atoms with Crippen molar-refractivity contribution in [2.45, 2.75) is 0 Å². The van der Waals surface area contributed by atoms with Gasteiger partial charge in [-0.2, -0.15) is 5.10 Å². The van der Waals surface area contributed by atoms with Crippen molar-refractivity contribution in [2.24, 2.45) is 5.10 Å². The van der Waals surface area contributed by atoms with Crippen molar-refractivity contribution in [1.29, 1.82) is 0 Å². The van der Waals surface area contributed by atoms with Crippen molar-refractivity contribution >= 4 is 35.3 Å². The normalized spacial score (nSPS) is 10.8. The average molecular weight is 325 g/mol. The summed E-state index contributed by atoms with van der Waals surface area (Å²) in [6.45, 7) is 0. The molecule has 0 radical (unpaired) electrons. The van der Waals surface area contributed by atoms with Gasteiger partial charge >= 0.3 is 0 Å². The lowest BCUT2D eigenvalue weighted by atomic mass is 10.2. The number of carbonyl (C=O) groups excluding carboxylic acids is 1. The second kappa shape index (κ2) is 6.47. The fourth-order valence-electron chi connectivity index (χ4n) is 1.50. The molecule has 0 aliphatic heterocycles. The Labute approximate surface area is 130 Å². The maximum Gasteiger partial charge on any atom is 0.271 e. The van der Waals surface area contributed by atoms with Crippen LogP contribution in [0.25, 0.3) is 0 Å². The summed E-state index contributed by atoms with van der Waals surface area (Å²) in [6, 6.07) is 8.57. The molecular weight excluding hydrogens is 315 g/mol. The van der Waals surface area contributed by atoms with Gasteiger partial charge in [-0.3, -0.25) is 4.79 Å². The lowest BCUT2D eigenvalue weighted by Crippen LogP contribution is -2.17. The van der Waals surface area contributed by atoms with Crippen LogP contribution in [-0.2, 0) is 0 Å². The maximum atomic E-state index is 11.8. The summed E-state index contributed by atoms with van der Waals surface area (Å²) >= 11 is 11.7. The van der Waals surface area contributed by atoms with E-state index in [4.69, 9.17) is 28.3 Å². The molecule has 0 saturated carbocycles. The summed E-state index contributed by atoms with van der Waals surface area (Å²) in [5.41, 5.74) is 3.03. The first-order valence-corrected chi connectivity index (χ1v) is 6.53. The van der Waals surface area contributed by atoms with E-state index in [2.05, 4.69) is 10.5 Å². The van der Waals surface area contributed by atoms with E-state index in [0.29, 0.717) is 15.6 Å². The summed E-state index contributed by atoms with van der Waals surface area (Å²) in [4.78, 5) is 11.8. The van der Waals surface area contributed by atoms with Crippen LogP contribution in [0.1, 0.15) is 15.9 Å². The van der Waals surface area contributed by atoms with E-state index in [1.54, 1.807) is 18.2 Å². The van der Waals surface area contributed by atoms with Crippen LogP contribution in [0, 0.1) is 0 Å². The maximum absolute atomic E-state index is 11.8. The van der Waals surface area contributed by atoms with E-state index in [-0.39, 0.29) is 17.1 Å². The molecule has 0 unspecified atom stereocenters. The molecule has 0 spiro atoms. The van der Waals surface area contributed by atoms with Crippen molar-refractivity contribution in [2.75, 3.05) is 0 Å². The number of carbonyl (C=O) groups is 1. The first-order chi connectivity index (χ1) is 9.97. The van der Waals surface area contributed by atoms with Crippen molar-refractivity contribution in [3.05, 3.63) is 57.6 Å². The standard InChI is InChI=1S/C14H10Cl2N2O3/c15-10-3-1-9(11(16)6-10)7-17-18-14(21)8-2-4-12(19)13(20)5-8/h1-7,19-20H,(H,18,21). The Hall–Kier alpha value is -2.24. The zero-order valence-corrected chi connectivity index (χ0v) is 12.1. The van der Waals surface area contributed by atoms with E-state index in [9.17, 15) is 9.90 Å². The second-order valence-electron chi connectivity index (χ2n) is 4.07. The van der Waals surface area contributed by atoms with Crippen LogP contribution in [-0.4, -0.2) is 22.3 Å². The van der Waals surface area contributed by atoms with Gasteiger partial charge in [0.1, 0.15) is 0 Å². The Kier molecular flexibility index (Phi) is 4.67. The highest BCUT2D eigenvalue weighted by Crippen LogP contribution is 2.24. The van der Waals surface area contributed by atoms with Crippen LogP contribution in [0.2, 0.25) is 10.0 Å². The van der Waals surface area contributed by atoms with Gasteiger partial charge in [-0.25, -0.2) is 5.43 Å². The summed E-state index contributed by atoms with van der Waals surface area (Å²) in [5, 5.41) is 23.2. The molecule has 0 saturated heterocycles. The number of phenolic OH excluding ortho intramolecular Hbond substituents is 2. The number of aromatic hydroxyl groups is 2. The average Bonchev–Trinajstić information content (AvgIpc) is 2.44. The van der Waals surface area contributed by atoms with Gasteiger partial charge in [-0.05, 0) is 30.3 Å². The zero-order valence-electron chi connectivity index (χ0n) is 10.5. The lowest BCUT2D eigenvalue weighted by Gasteiger charge is -2.02. The van der Waals surface area contributed by atoms with Gasteiger partial charge in [-0.1, -0.05) is 29.3 Å². The van der Waals surface area contributed by atoms with Crippen molar-refractivity contribution < 1.29 is 15.0 Å². The number of halogens is 2. The van der Waals surface area contributed by atoms with Gasteiger partial charge in [0.05, 0.1) is 11.2 Å². The van der Waals surface area contributed by atoms with E-state index >= 15 is 0 Å². The molecule has 0 aliphatic carbocycles. The molecule has 5 nitrogen and oxygen atoms in total. The molecule has 0 heterocycles. The first kappa shape index (κ1) is 15.2. The number of phenols is 2. The number of rotatable bonds is 3. The Morgan fingerprint density at radius 2 is 1.86 bits per heavy atom. The van der Waals surface area contributed by atoms with Crippen LogP contribution in [0.4, 0.5) is 0 Å². The van der Waals surface area contributed by atoms with E-state index in [1.165, 1.54) is 18.3 Å². The Bertz CT molecular complexity index is 717. The van der Waals surface area contributed by atoms with Gasteiger partial charge in [0.25, 0.3) is 5.91 Å². The second-order valence-corrected chi connectivity index (χ2v) is 4.91. The highest BCUT2D eigenvalue weighted by atomic mass is 35.5. The summed E-state index contributed by atoms with van der Waals surface area (Å²) in [5.74, 6) is -1.22. The lowest BCUT2D eigenvalue weighted by molar-refractivity contribution is 0.0954. The molecule has 2 aromatic carbocycles. The molecule has 21 heavy (non-hydrogen) atoms. The fourth-order valence-corrected chi connectivity index (χ4v) is 1.95. The number of hydrazone groups is 1. The third kappa shape index (κ3) is 3.87. The fraction of sp³-hybridized carbons (Fsp3) is 0. The number of amides is 1. The zero-order chi connectivity index (χ0) is 15.4. The van der Waals surface area contributed by atoms with Crippen LogP contribution in [0.5, 0.6) is 11.5 Å². The predicted octanol–water partition coefficient (Wildman–Crippen LogP) is 3.17. The largest absolute Gasteiger partial charge is 0.504 e.